The Morgan fingerprint density at radius 2 is 2.33 bits per heavy atom. The van der Waals surface area contributed by atoms with Crippen molar-refractivity contribution in [3.8, 4) is 0 Å². The van der Waals surface area contributed by atoms with Gasteiger partial charge in [-0.1, -0.05) is 0 Å². The maximum absolute atomic E-state index is 9.35. The third-order valence-electron chi connectivity index (χ3n) is 0.260. The van der Waals surface area contributed by atoms with Crippen molar-refractivity contribution in [2.75, 3.05) is 0 Å². The van der Waals surface area contributed by atoms with Gasteiger partial charge in [-0.15, -0.1) is 0 Å². The van der Waals surface area contributed by atoms with Gasteiger partial charge in [0.25, 0.3) is 0 Å². The molecule has 0 bridgehead atoms. The first-order valence-electron chi connectivity index (χ1n) is 1.48. The molecule has 0 aliphatic rings. The summed E-state index contributed by atoms with van der Waals surface area (Å²) < 4.78 is 0. The molecule has 3 N–H and O–H groups in total. The standard InChI is InChI=1S/C3H6N2O/c4-1-2-5-3-6/h1-3H,4H2,(H,5,6)/b2-1-. The van der Waals surface area contributed by atoms with Gasteiger partial charge in [-0.05, 0) is 0 Å². The number of carbonyl (C=O) groups excluding carboxylic acids is 1. The molecule has 34 valence electrons. The molecule has 0 unspecified atom stereocenters. The van der Waals surface area contributed by atoms with E-state index in [1.54, 1.807) is 0 Å². The number of nitrogens with one attached hydrogen (secondary N) is 1. The zero-order chi connectivity index (χ0) is 4.83. The van der Waals surface area contributed by atoms with E-state index >= 15 is 0 Å². The molecule has 0 aromatic carbocycles. The quantitative estimate of drug-likeness (QED) is 0.430. The lowest BCUT2D eigenvalue weighted by atomic mass is 10.9. The molecule has 0 radical (unpaired) electrons. The van der Waals surface area contributed by atoms with Gasteiger partial charge in [-0.3, -0.25) is 4.79 Å². The molecule has 0 saturated carbocycles. The van der Waals surface area contributed by atoms with Crippen LogP contribution in [0.2, 0.25) is 0 Å². The van der Waals surface area contributed by atoms with Crippen molar-refractivity contribution in [2.24, 2.45) is 5.73 Å². The molecule has 0 aromatic rings. The number of amides is 1. The van der Waals surface area contributed by atoms with Gasteiger partial charge < -0.3 is 11.1 Å². The topological polar surface area (TPSA) is 55.1 Å². The molecule has 0 atom stereocenters. The van der Waals surface area contributed by atoms with Gasteiger partial charge >= 0.3 is 0 Å². The molecule has 3 heteroatoms. The molecule has 6 heavy (non-hydrogen) atoms. The van der Waals surface area contributed by atoms with E-state index in [-0.39, 0.29) is 0 Å². The summed E-state index contributed by atoms with van der Waals surface area (Å²) in [6.45, 7) is 0. The molecule has 0 fully saturated rings. The van der Waals surface area contributed by atoms with Crippen LogP contribution in [0.25, 0.3) is 0 Å². The number of hydrogen-bond acceptors (Lipinski definition) is 2. The van der Waals surface area contributed by atoms with Crippen molar-refractivity contribution >= 4 is 6.41 Å². The SMILES string of the molecule is N/C=C\NC=O. The molecule has 0 rings (SSSR count). The number of hydrogen-bond donors (Lipinski definition) is 2. The van der Waals surface area contributed by atoms with Crippen molar-refractivity contribution in [3.05, 3.63) is 12.4 Å². The normalized spacial score (nSPS) is 8.67. The summed E-state index contributed by atoms with van der Waals surface area (Å²) in [5.41, 5.74) is 4.81. The van der Waals surface area contributed by atoms with Crippen LogP contribution in [0, 0.1) is 0 Å². The van der Waals surface area contributed by atoms with E-state index in [4.69, 9.17) is 5.73 Å². The molecule has 0 saturated heterocycles. The lowest BCUT2D eigenvalue weighted by Crippen LogP contribution is -1.99. The van der Waals surface area contributed by atoms with Crippen molar-refractivity contribution in [3.63, 3.8) is 0 Å². The van der Waals surface area contributed by atoms with Crippen LogP contribution in [0.5, 0.6) is 0 Å². The Labute approximate surface area is 35.8 Å². The van der Waals surface area contributed by atoms with Crippen molar-refractivity contribution in [1.29, 1.82) is 0 Å². The highest BCUT2D eigenvalue weighted by atomic mass is 16.1. The number of nitrogens with two attached hydrogens (primary N) is 1. The second kappa shape index (κ2) is 4.01. The van der Waals surface area contributed by atoms with Gasteiger partial charge in [0.05, 0.1) is 0 Å². The fourth-order valence-electron chi connectivity index (χ4n) is 0.0948. The zero-order valence-corrected chi connectivity index (χ0v) is 3.22. The Morgan fingerprint density at radius 3 is 2.50 bits per heavy atom. The molecular weight excluding hydrogens is 80.0 g/mol. The summed E-state index contributed by atoms with van der Waals surface area (Å²) in [5, 5.41) is 2.21. The lowest BCUT2D eigenvalue weighted by Gasteiger charge is -1.74. The van der Waals surface area contributed by atoms with Crippen LogP contribution in [0.15, 0.2) is 12.4 Å². The smallest absolute Gasteiger partial charge is 0.211 e. The maximum atomic E-state index is 9.35. The van der Waals surface area contributed by atoms with E-state index in [9.17, 15) is 4.79 Å². The monoisotopic (exact) mass is 86.0 g/mol. The van der Waals surface area contributed by atoms with Crippen LogP contribution in [0.4, 0.5) is 0 Å². The van der Waals surface area contributed by atoms with Gasteiger partial charge in [0.15, 0.2) is 0 Å². The summed E-state index contributed by atoms with van der Waals surface area (Å²) in [6, 6.07) is 0. The van der Waals surface area contributed by atoms with E-state index in [1.165, 1.54) is 12.4 Å². The first-order chi connectivity index (χ1) is 2.91. The molecule has 0 aromatic heterocycles. The molecule has 0 aliphatic carbocycles. The Bertz CT molecular complexity index is 59.8. The maximum Gasteiger partial charge on any atom is 0.211 e. The van der Waals surface area contributed by atoms with E-state index in [0.717, 1.165) is 0 Å². The molecule has 1 amide bonds. The average Bonchev–Trinajstić information content (AvgIpc) is 1.61. The van der Waals surface area contributed by atoms with Crippen LogP contribution < -0.4 is 11.1 Å². The predicted molar refractivity (Wildman–Crippen MR) is 22.5 cm³/mol. The first kappa shape index (κ1) is 5.01. The van der Waals surface area contributed by atoms with Gasteiger partial charge in [0, 0.05) is 12.4 Å². The van der Waals surface area contributed by atoms with Crippen LogP contribution in [-0.2, 0) is 4.79 Å². The van der Waals surface area contributed by atoms with Crippen LogP contribution in [-0.4, -0.2) is 6.41 Å². The second-order valence-electron chi connectivity index (χ2n) is 0.644. The fraction of sp³-hybridized carbons (Fsp3) is 0. The fourth-order valence-corrected chi connectivity index (χ4v) is 0.0948. The highest BCUT2D eigenvalue weighted by molar-refractivity contribution is 5.47. The molecule has 0 spiro atoms. The van der Waals surface area contributed by atoms with Gasteiger partial charge in [-0.2, -0.15) is 0 Å². The zero-order valence-electron chi connectivity index (χ0n) is 3.22. The summed E-state index contributed by atoms with van der Waals surface area (Å²) in [7, 11) is 0. The molecule has 3 nitrogen and oxygen atoms in total. The number of carbonyl (C=O) groups is 1. The Balaban J connectivity index is 2.85. The molecule has 0 aliphatic heterocycles. The minimum absolute atomic E-state index is 0.545. The van der Waals surface area contributed by atoms with Crippen molar-refractivity contribution in [2.45, 2.75) is 0 Å². The lowest BCUT2D eigenvalue weighted by molar-refractivity contribution is -0.108. The molecular formula is C3H6N2O. The van der Waals surface area contributed by atoms with Crippen LogP contribution in [0.3, 0.4) is 0 Å². The minimum Gasteiger partial charge on any atom is -0.403 e. The van der Waals surface area contributed by atoms with Crippen molar-refractivity contribution in [1.82, 2.24) is 5.32 Å². The van der Waals surface area contributed by atoms with E-state index in [2.05, 4.69) is 5.32 Å². The first-order valence-corrected chi connectivity index (χ1v) is 1.48. The Morgan fingerprint density at radius 1 is 1.67 bits per heavy atom. The Kier molecular flexibility index (Phi) is 3.35. The molecule has 0 heterocycles. The van der Waals surface area contributed by atoms with Gasteiger partial charge in [0.2, 0.25) is 6.41 Å². The predicted octanol–water partition coefficient (Wildman–Crippen LogP) is -0.838. The van der Waals surface area contributed by atoms with Crippen LogP contribution in [0.1, 0.15) is 0 Å². The summed E-state index contributed by atoms with van der Waals surface area (Å²) in [6.07, 6.45) is 3.13. The third kappa shape index (κ3) is 3.01. The van der Waals surface area contributed by atoms with Crippen molar-refractivity contribution < 1.29 is 4.79 Å². The third-order valence-corrected chi connectivity index (χ3v) is 0.260. The number of rotatable bonds is 2. The Hall–Kier alpha value is -0.990. The van der Waals surface area contributed by atoms with Gasteiger partial charge in [0.1, 0.15) is 0 Å². The van der Waals surface area contributed by atoms with E-state index in [1.807, 2.05) is 0 Å². The second-order valence-corrected chi connectivity index (χ2v) is 0.644. The summed E-state index contributed by atoms with van der Waals surface area (Å²) in [4.78, 5) is 9.35. The highest BCUT2D eigenvalue weighted by Gasteiger charge is 1.56. The van der Waals surface area contributed by atoms with Gasteiger partial charge in [-0.25, -0.2) is 0 Å². The highest BCUT2D eigenvalue weighted by Crippen LogP contribution is 1.43. The van der Waals surface area contributed by atoms with E-state index in [0.29, 0.717) is 6.41 Å². The summed E-state index contributed by atoms with van der Waals surface area (Å²) in [5.74, 6) is 0. The van der Waals surface area contributed by atoms with E-state index < -0.39 is 0 Å². The largest absolute Gasteiger partial charge is 0.403 e. The minimum atomic E-state index is 0.545. The summed E-state index contributed by atoms with van der Waals surface area (Å²) >= 11 is 0. The van der Waals surface area contributed by atoms with Crippen LogP contribution >= 0.6 is 0 Å². The average molecular weight is 86.1 g/mol.